The predicted octanol–water partition coefficient (Wildman–Crippen LogP) is 14.8. The molecule has 9 aromatic carbocycles. The number of para-hydroxylation sites is 2. The molecule has 5 heteroatoms. The van der Waals surface area contributed by atoms with Gasteiger partial charge in [0.25, 0.3) is 0 Å². The third kappa shape index (κ3) is 5.63. The Hall–Kier alpha value is -7.73. The molecule has 0 aliphatic rings. The van der Waals surface area contributed by atoms with E-state index in [0.717, 1.165) is 44.5 Å². The largest absolute Gasteiger partial charge is 0.308 e. The summed E-state index contributed by atoms with van der Waals surface area (Å²) in [4.78, 5) is 15.7. The van der Waals surface area contributed by atoms with Crippen molar-refractivity contribution in [2.45, 2.75) is 0 Å². The average molecular weight is 783 g/mol. The zero-order valence-electron chi connectivity index (χ0n) is 32.3. The van der Waals surface area contributed by atoms with E-state index in [-0.39, 0.29) is 0 Å². The predicted molar refractivity (Wildman–Crippen MR) is 252 cm³/mol. The summed E-state index contributed by atoms with van der Waals surface area (Å²) in [6.07, 6.45) is 0. The summed E-state index contributed by atoms with van der Waals surface area (Å²) >= 11 is 1.85. The highest BCUT2D eigenvalue weighted by Crippen LogP contribution is 2.42. The first-order chi connectivity index (χ1) is 29.7. The lowest BCUT2D eigenvalue weighted by Gasteiger charge is -2.17. The van der Waals surface area contributed by atoms with Crippen molar-refractivity contribution in [3.63, 3.8) is 0 Å². The number of thiophene rings is 1. The van der Waals surface area contributed by atoms with Gasteiger partial charge in [-0.1, -0.05) is 176 Å². The van der Waals surface area contributed by atoms with Crippen molar-refractivity contribution in [2.24, 2.45) is 0 Å². The molecule has 4 nitrogen and oxygen atoms in total. The van der Waals surface area contributed by atoms with Crippen LogP contribution in [0.15, 0.2) is 206 Å². The zero-order valence-corrected chi connectivity index (χ0v) is 33.1. The van der Waals surface area contributed by atoms with Crippen molar-refractivity contribution >= 4 is 64.1 Å². The normalized spacial score (nSPS) is 11.7. The molecule has 0 fully saturated rings. The van der Waals surface area contributed by atoms with Gasteiger partial charge in [-0.15, -0.1) is 11.3 Å². The SMILES string of the molecule is c1ccc(-c2nc(-c3ccc(-c4cccc5c4sc4ccccc45)cc3)nc(-c3ccc(-c4cccc5ccccc45)cc3-n3c4ccccc4c4ccccc43)n2)cc1. The van der Waals surface area contributed by atoms with Crippen LogP contribution in [-0.4, -0.2) is 19.5 Å². The molecule has 12 aromatic rings. The fourth-order valence-corrected chi connectivity index (χ4v) is 10.1. The Morgan fingerprint density at radius 2 is 0.867 bits per heavy atom. The molecule has 280 valence electrons. The van der Waals surface area contributed by atoms with E-state index in [0.29, 0.717) is 17.5 Å². The van der Waals surface area contributed by atoms with Crippen LogP contribution in [0.4, 0.5) is 0 Å². The fraction of sp³-hybridized carbons (Fsp3) is 0. The van der Waals surface area contributed by atoms with Crippen LogP contribution in [0.3, 0.4) is 0 Å². The molecule has 0 aliphatic carbocycles. The van der Waals surface area contributed by atoms with Crippen LogP contribution in [0.25, 0.3) is 115 Å². The van der Waals surface area contributed by atoms with E-state index in [2.05, 4.69) is 193 Å². The maximum absolute atomic E-state index is 5.33. The third-order valence-electron chi connectivity index (χ3n) is 11.7. The van der Waals surface area contributed by atoms with Crippen molar-refractivity contribution in [3.8, 4) is 62.1 Å². The molecule has 0 bridgehead atoms. The number of aromatic nitrogens is 4. The zero-order chi connectivity index (χ0) is 39.6. The molecule has 0 radical (unpaired) electrons. The summed E-state index contributed by atoms with van der Waals surface area (Å²) in [7, 11) is 0. The van der Waals surface area contributed by atoms with Gasteiger partial charge in [-0.25, -0.2) is 15.0 Å². The quantitative estimate of drug-likeness (QED) is 0.169. The Balaban J connectivity index is 1.07. The Labute approximate surface area is 350 Å². The van der Waals surface area contributed by atoms with Crippen LogP contribution in [0.5, 0.6) is 0 Å². The second kappa shape index (κ2) is 14.0. The molecule has 0 saturated heterocycles. The Morgan fingerprint density at radius 3 is 1.63 bits per heavy atom. The molecule has 0 amide bonds. The van der Waals surface area contributed by atoms with Crippen LogP contribution < -0.4 is 0 Å². The molecule has 0 unspecified atom stereocenters. The van der Waals surface area contributed by atoms with Crippen molar-refractivity contribution in [2.75, 3.05) is 0 Å². The highest BCUT2D eigenvalue weighted by atomic mass is 32.1. The number of hydrogen-bond donors (Lipinski definition) is 0. The lowest BCUT2D eigenvalue weighted by atomic mass is 9.96. The summed E-state index contributed by atoms with van der Waals surface area (Å²) in [6.45, 7) is 0. The Bertz CT molecular complexity index is 3540. The lowest BCUT2D eigenvalue weighted by molar-refractivity contribution is 1.06. The van der Waals surface area contributed by atoms with Crippen LogP contribution >= 0.6 is 11.3 Å². The molecular weight excluding hydrogens is 749 g/mol. The van der Waals surface area contributed by atoms with Gasteiger partial charge in [0.05, 0.1) is 16.7 Å². The molecule has 0 atom stereocenters. The molecule has 0 saturated carbocycles. The first kappa shape index (κ1) is 34.3. The van der Waals surface area contributed by atoms with Gasteiger partial charge in [0.1, 0.15) is 0 Å². The minimum atomic E-state index is 0.610. The highest BCUT2D eigenvalue weighted by molar-refractivity contribution is 7.26. The molecular formula is C55H34N4S. The van der Waals surface area contributed by atoms with E-state index in [1.54, 1.807) is 0 Å². The molecule has 3 aromatic heterocycles. The molecule has 0 aliphatic heterocycles. The van der Waals surface area contributed by atoms with Gasteiger partial charge in [-0.2, -0.15) is 0 Å². The monoisotopic (exact) mass is 782 g/mol. The summed E-state index contributed by atoms with van der Waals surface area (Å²) in [5, 5.41) is 7.40. The molecule has 3 heterocycles. The summed E-state index contributed by atoms with van der Waals surface area (Å²) in [6, 6.07) is 73.3. The van der Waals surface area contributed by atoms with E-state index < -0.39 is 0 Å². The topological polar surface area (TPSA) is 43.6 Å². The first-order valence-corrected chi connectivity index (χ1v) is 21.0. The smallest absolute Gasteiger partial charge is 0.166 e. The van der Waals surface area contributed by atoms with Gasteiger partial charge < -0.3 is 4.57 Å². The minimum absolute atomic E-state index is 0.610. The van der Waals surface area contributed by atoms with Crippen molar-refractivity contribution in [3.05, 3.63) is 206 Å². The molecule has 12 rings (SSSR count). The number of benzene rings is 9. The van der Waals surface area contributed by atoms with Crippen LogP contribution in [0.1, 0.15) is 0 Å². The molecule has 60 heavy (non-hydrogen) atoms. The minimum Gasteiger partial charge on any atom is -0.308 e. The van der Waals surface area contributed by atoms with Crippen LogP contribution in [0, 0.1) is 0 Å². The van der Waals surface area contributed by atoms with Gasteiger partial charge in [-0.05, 0) is 63.4 Å². The first-order valence-electron chi connectivity index (χ1n) is 20.2. The van der Waals surface area contributed by atoms with E-state index in [4.69, 9.17) is 15.0 Å². The lowest BCUT2D eigenvalue weighted by Crippen LogP contribution is -2.04. The van der Waals surface area contributed by atoms with Gasteiger partial charge >= 0.3 is 0 Å². The summed E-state index contributed by atoms with van der Waals surface area (Å²) in [5.74, 6) is 1.86. The second-order valence-electron chi connectivity index (χ2n) is 15.2. The Morgan fingerprint density at radius 1 is 0.333 bits per heavy atom. The average Bonchev–Trinajstić information content (AvgIpc) is 3.87. The van der Waals surface area contributed by atoms with Crippen LogP contribution in [0.2, 0.25) is 0 Å². The van der Waals surface area contributed by atoms with E-state index >= 15 is 0 Å². The number of nitrogens with zero attached hydrogens (tertiary/aromatic N) is 4. The van der Waals surface area contributed by atoms with Crippen molar-refractivity contribution in [1.82, 2.24) is 19.5 Å². The third-order valence-corrected chi connectivity index (χ3v) is 12.9. The van der Waals surface area contributed by atoms with Gasteiger partial charge in [0.15, 0.2) is 17.5 Å². The maximum Gasteiger partial charge on any atom is 0.166 e. The Kier molecular flexibility index (Phi) is 8.00. The molecule has 0 spiro atoms. The van der Waals surface area contributed by atoms with E-state index in [1.165, 1.54) is 52.8 Å². The van der Waals surface area contributed by atoms with Gasteiger partial charge in [0.2, 0.25) is 0 Å². The van der Waals surface area contributed by atoms with Crippen molar-refractivity contribution in [1.29, 1.82) is 0 Å². The maximum atomic E-state index is 5.33. The van der Waals surface area contributed by atoms with Crippen LogP contribution in [-0.2, 0) is 0 Å². The standard InChI is InChI=1S/C55H34N4S/c1-2-15-37(16-3-1)53-56-54(38-30-28-36(29-31-38)42-23-13-24-46-45-21-8-11-27-51(45)60-52(42)46)58-55(57-53)47-33-32-39(41-22-12-17-35-14-4-5-18-40(35)41)34-50(47)59-48-25-9-6-19-43(48)44-20-7-10-26-49(44)59/h1-34H. The highest BCUT2D eigenvalue weighted by Gasteiger charge is 2.21. The van der Waals surface area contributed by atoms with E-state index in [1.807, 2.05) is 29.5 Å². The second-order valence-corrected chi connectivity index (χ2v) is 16.2. The number of rotatable bonds is 6. The fourth-order valence-electron chi connectivity index (χ4n) is 8.85. The summed E-state index contributed by atoms with van der Waals surface area (Å²) in [5.41, 5.74) is 10.7. The summed E-state index contributed by atoms with van der Waals surface area (Å²) < 4.78 is 4.97. The molecule has 0 N–H and O–H groups in total. The number of fused-ring (bicyclic) bond motifs is 7. The van der Waals surface area contributed by atoms with Gasteiger partial charge in [0, 0.05) is 47.6 Å². The number of hydrogen-bond acceptors (Lipinski definition) is 4. The van der Waals surface area contributed by atoms with E-state index in [9.17, 15) is 0 Å². The van der Waals surface area contributed by atoms with Gasteiger partial charge in [-0.3, -0.25) is 0 Å². The van der Waals surface area contributed by atoms with Crippen molar-refractivity contribution < 1.29 is 0 Å².